The molecule has 0 saturated heterocycles. The Kier molecular flexibility index (Phi) is 5.08. The molecule has 2 N–H and O–H groups in total. The summed E-state index contributed by atoms with van der Waals surface area (Å²) in [7, 11) is 0. The lowest BCUT2D eigenvalue weighted by Crippen LogP contribution is -2.41. The summed E-state index contributed by atoms with van der Waals surface area (Å²) in [6.45, 7) is 7.81. The monoisotopic (exact) mass is 301 g/mol. The van der Waals surface area contributed by atoms with Gasteiger partial charge in [-0.25, -0.2) is 9.97 Å². The molecule has 118 valence electrons. The second-order valence-corrected chi connectivity index (χ2v) is 5.75. The molecular formula is C17H23N3O2. The van der Waals surface area contributed by atoms with E-state index < -0.39 is 0 Å². The van der Waals surface area contributed by atoms with Crippen LogP contribution in [-0.2, 0) is 0 Å². The summed E-state index contributed by atoms with van der Waals surface area (Å²) in [5.74, 6) is 0.0281. The van der Waals surface area contributed by atoms with Crippen molar-refractivity contribution in [2.45, 2.75) is 40.2 Å². The fourth-order valence-corrected chi connectivity index (χ4v) is 2.28. The Balaban J connectivity index is 2.26. The Morgan fingerprint density at radius 2 is 1.86 bits per heavy atom. The molecule has 1 heterocycles. The lowest BCUT2D eigenvalue weighted by Gasteiger charge is -2.22. The highest BCUT2D eigenvalue weighted by Gasteiger charge is 2.18. The molecule has 22 heavy (non-hydrogen) atoms. The molecule has 5 nitrogen and oxygen atoms in total. The molecule has 2 aromatic rings. The Bertz CT molecular complexity index is 685. The summed E-state index contributed by atoms with van der Waals surface area (Å²) in [5, 5.41) is 12.3. The third-order valence-corrected chi connectivity index (χ3v) is 4.18. The van der Waals surface area contributed by atoms with Gasteiger partial charge in [-0.3, -0.25) is 4.79 Å². The topological polar surface area (TPSA) is 75.1 Å². The number of carbonyl (C=O) groups excluding carboxylic acids is 1. The SMILES string of the molecule is CC[C@@H](C)[C@@H](CO)NC(=O)c1ccc2nc(C)c(C)nc2c1. The number of aliphatic hydroxyl groups is 1. The summed E-state index contributed by atoms with van der Waals surface area (Å²) in [5.41, 5.74) is 3.77. The number of fused-ring (bicyclic) bond motifs is 1. The van der Waals surface area contributed by atoms with Gasteiger partial charge >= 0.3 is 0 Å². The minimum Gasteiger partial charge on any atom is -0.394 e. The molecule has 0 fully saturated rings. The Morgan fingerprint density at radius 1 is 1.23 bits per heavy atom. The van der Waals surface area contributed by atoms with Crippen LogP contribution in [-0.4, -0.2) is 33.6 Å². The number of hydrogen-bond donors (Lipinski definition) is 2. The van der Waals surface area contributed by atoms with E-state index in [0.717, 1.165) is 23.3 Å². The van der Waals surface area contributed by atoms with Crippen LogP contribution < -0.4 is 5.32 Å². The number of carbonyl (C=O) groups is 1. The molecule has 0 aliphatic rings. The van der Waals surface area contributed by atoms with Crippen LogP contribution in [0.4, 0.5) is 0 Å². The van der Waals surface area contributed by atoms with Gasteiger partial charge in [0.05, 0.1) is 35.1 Å². The Hall–Kier alpha value is -2.01. The summed E-state index contributed by atoms with van der Waals surface area (Å²) in [6.07, 6.45) is 0.896. The molecule has 2 rings (SSSR count). The average molecular weight is 301 g/mol. The Morgan fingerprint density at radius 3 is 2.45 bits per heavy atom. The van der Waals surface area contributed by atoms with E-state index in [-0.39, 0.29) is 24.5 Å². The first-order valence-electron chi connectivity index (χ1n) is 7.63. The van der Waals surface area contributed by atoms with Crippen LogP contribution in [0, 0.1) is 19.8 Å². The quantitative estimate of drug-likeness (QED) is 0.889. The predicted molar refractivity (Wildman–Crippen MR) is 86.8 cm³/mol. The molecule has 0 aliphatic heterocycles. The van der Waals surface area contributed by atoms with Gasteiger partial charge in [0.15, 0.2) is 0 Å². The zero-order valence-corrected chi connectivity index (χ0v) is 13.6. The van der Waals surface area contributed by atoms with Gasteiger partial charge in [-0.2, -0.15) is 0 Å². The first-order chi connectivity index (χ1) is 10.5. The van der Waals surface area contributed by atoms with Gasteiger partial charge in [0.25, 0.3) is 5.91 Å². The largest absolute Gasteiger partial charge is 0.394 e. The molecule has 1 aromatic heterocycles. The van der Waals surface area contributed by atoms with Crippen molar-refractivity contribution in [1.82, 2.24) is 15.3 Å². The standard InChI is InChI=1S/C17H23N3O2/c1-5-10(2)16(9-21)20-17(22)13-6-7-14-15(8-13)19-12(4)11(3)18-14/h6-8,10,16,21H,5,9H2,1-4H3,(H,20,22)/t10-,16-/m1/s1. The van der Waals surface area contributed by atoms with Crippen molar-refractivity contribution in [2.24, 2.45) is 5.92 Å². The van der Waals surface area contributed by atoms with Gasteiger partial charge in [0.1, 0.15) is 0 Å². The zero-order chi connectivity index (χ0) is 16.3. The highest BCUT2D eigenvalue weighted by Crippen LogP contribution is 2.15. The lowest BCUT2D eigenvalue weighted by atomic mass is 9.99. The van der Waals surface area contributed by atoms with Gasteiger partial charge in [0, 0.05) is 5.56 Å². The number of hydrogen-bond acceptors (Lipinski definition) is 4. The number of benzene rings is 1. The smallest absolute Gasteiger partial charge is 0.251 e. The minimum absolute atomic E-state index is 0.0631. The first-order valence-corrected chi connectivity index (χ1v) is 7.63. The highest BCUT2D eigenvalue weighted by molar-refractivity contribution is 5.97. The number of aryl methyl sites for hydroxylation is 2. The van der Waals surface area contributed by atoms with Crippen LogP contribution in [0.15, 0.2) is 18.2 Å². The Labute approximate surface area is 130 Å². The molecule has 0 saturated carbocycles. The molecule has 0 spiro atoms. The van der Waals surface area contributed by atoms with Crippen molar-refractivity contribution in [3.63, 3.8) is 0 Å². The van der Waals surface area contributed by atoms with Crippen LogP contribution in [0.5, 0.6) is 0 Å². The van der Waals surface area contributed by atoms with E-state index in [0.29, 0.717) is 11.1 Å². The summed E-state index contributed by atoms with van der Waals surface area (Å²) in [4.78, 5) is 21.3. The van der Waals surface area contributed by atoms with Crippen molar-refractivity contribution >= 4 is 16.9 Å². The highest BCUT2D eigenvalue weighted by atomic mass is 16.3. The fourth-order valence-electron chi connectivity index (χ4n) is 2.28. The van der Waals surface area contributed by atoms with Crippen LogP contribution in [0.1, 0.15) is 42.0 Å². The normalized spacial score (nSPS) is 13.9. The van der Waals surface area contributed by atoms with Gasteiger partial charge in [-0.1, -0.05) is 20.3 Å². The average Bonchev–Trinajstić information content (AvgIpc) is 2.52. The van der Waals surface area contributed by atoms with Crippen molar-refractivity contribution in [3.8, 4) is 0 Å². The maximum absolute atomic E-state index is 12.4. The molecule has 5 heteroatoms. The number of aliphatic hydroxyl groups excluding tert-OH is 1. The summed E-state index contributed by atoms with van der Waals surface area (Å²) in [6, 6.07) is 5.06. The molecule has 1 aromatic carbocycles. The minimum atomic E-state index is -0.237. The molecule has 1 amide bonds. The van der Waals surface area contributed by atoms with Crippen LogP contribution in [0.25, 0.3) is 11.0 Å². The first kappa shape index (κ1) is 16.4. The lowest BCUT2D eigenvalue weighted by molar-refractivity contribution is 0.0891. The van der Waals surface area contributed by atoms with Crippen LogP contribution in [0.3, 0.4) is 0 Å². The van der Waals surface area contributed by atoms with Crippen molar-refractivity contribution in [3.05, 3.63) is 35.2 Å². The third-order valence-electron chi connectivity index (χ3n) is 4.18. The van der Waals surface area contributed by atoms with E-state index in [1.807, 2.05) is 27.7 Å². The van der Waals surface area contributed by atoms with Gasteiger partial charge < -0.3 is 10.4 Å². The molecule has 0 radical (unpaired) electrons. The van der Waals surface area contributed by atoms with E-state index in [2.05, 4.69) is 15.3 Å². The van der Waals surface area contributed by atoms with E-state index in [1.54, 1.807) is 18.2 Å². The number of aromatic nitrogens is 2. The summed E-state index contributed by atoms with van der Waals surface area (Å²) < 4.78 is 0. The van der Waals surface area contributed by atoms with E-state index >= 15 is 0 Å². The number of nitrogens with zero attached hydrogens (tertiary/aromatic N) is 2. The third kappa shape index (κ3) is 3.42. The molecule has 0 aliphatic carbocycles. The second kappa shape index (κ2) is 6.83. The molecular weight excluding hydrogens is 278 g/mol. The predicted octanol–water partition coefficient (Wildman–Crippen LogP) is 2.38. The van der Waals surface area contributed by atoms with Crippen molar-refractivity contribution in [1.29, 1.82) is 0 Å². The molecule has 0 unspecified atom stereocenters. The van der Waals surface area contributed by atoms with Crippen LogP contribution >= 0.6 is 0 Å². The van der Waals surface area contributed by atoms with Gasteiger partial charge in [-0.05, 0) is 38.0 Å². The maximum atomic E-state index is 12.4. The number of nitrogens with one attached hydrogen (secondary N) is 1. The maximum Gasteiger partial charge on any atom is 0.251 e. The van der Waals surface area contributed by atoms with Crippen molar-refractivity contribution < 1.29 is 9.90 Å². The van der Waals surface area contributed by atoms with Crippen molar-refractivity contribution in [2.75, 3.05) is 6.61 Å². The van der Waals surface area contributed by atoms with E-state index in [4.69, 9.17) is 0 Å². The number of amides is 1. The fraction of sp³-hybridized carbons (Fsp3) is 0.471. The molecule has 0 bridgehead atoms. The molecule has 2 atom stereocenters. The van der Waals surface area contributed by atoms with Gasteiger partial charge in [0.2, 0.25) is 0 Å². The van der Waals surface area contributed by atoms with E-state index in [9.17, 15) is 9.90 Å². The van der Waals surface area contributed by atoms with Crippen LogP contribution in [0.2, 0.25) is 0 Å². The summed E-state index contributed by atoms with van der Waals surface area (Å²) >= 11 is 0. The van der Waals surface area contributed by atoms with Gasteiger partial charge in [-0.15, -0.1) is 0 Å². The second-order valence-electron chi connectivity index (χ2n) is 5.75. The number of rotatable bonds is 5. The van der Waals surface area contributed by atoms with E-state index in [1.165, 1.54) is 0 Å². The zero-order valence-electron chi connectivity index (χ0n) is 13.6.